The van der Waals surface area contributed by atoms with Gasteiger partial charge in [-0.05, 0) is 62.4 Å². The maximum atomic E-state index is 14.1. The first-order valence-corrected chi connectivity index (χ1v) is 18.6. The summed E-state index contributed by atoms with van der Waals surface area (Å²) in [6.45, 7) is 8.12. The molecule has 0 radical (unpaired) electrons. The minimum atomic E-state index is -3.66. The Bertz CT molecular complexity index is 1610. The lowest BCUT2D eigenvalue weighted by atomic mass is 9.99. The molecular weight excluding hydrogens is 629 g/mol. The Balaban J connectivity index is 1.59. The second kappa shape index (κ2) is 15.1. The third-order valence-electron chi connectivity index (χ3n) is 7.36. The van der Waals surface area contributed by atoms with Gasteiger partial charge < -0.3 is 20.6 Å². The summed E-state index contributed by atoms with van der Waals surface area (Å²) in [5, 5.41) is 15.8. The van der Waals surface area contributed by atoms with Crippen molar-refractivity contribution in [1.29, 1.82) is 0 Å². The predicted molar refractivity (Wildman–Crippen MR) is 183 cm³/mol. The summed E-state index contributed by atoms with van der Waals surface area (Å²) in [5.41, 5.74) is 2.42. The Morgan fingerprint density at radius 3 is 2.51 bits per heavy atom. The Morgan fingerprint density at radius 2 is 1.84 bits per heavy atom. The smallest absolute Gasteiger partial charge is 0.250 e. The number of hydrogen-bond donors (Lipinski definition) is 4. The second-order valence-corrected chi connectivity index (χ2v) is 15.4. The largest absolute Gasteiger partial charge is 0.392 e. The van der Waals surface area contributed by atoms with Gasteiger partial charge in [-0.25, -0.2) is 13.1 Å². The van der Waals surface area contributed by atoms with Gasteiger partial charge in [0.1, 0.15) is 6.04 Å². The van der Waals surface area contributed by atoms with Gasteiger partial charge in [0, 0.05) is 46.2 Å². The standard InChI is InChI=1S/C33H42N4O5S3/c1-6-35-45(41,42)30-10-8-7-9-26(30)24-13-11-23(12-14-24)20-37-28-16-15-25(43-5)17-29(28)44-21-27(32(37)40)36-31(39)18-33(3,4)34-19-22(2)38/h7-17,22,27,34-35,38H,6,18-21H2,1-5H3,(H,36,39)/t22-,27-/m1/s1. The molecule has 0 bridgehead atoms. The van der Waals surface area contributed by atoms with E-state index in [0.29, 0.717) is 17.9 Å². The number of carbonyl (C=O) groups is 2. The van der Waals surface area contributed by atoms with Crippen LogP contribution in [0.25, 0.3) is 11.1 Å². The van der Waals surface area contributed by atoms with Crippen LogP contribution < -0.4 is 20.3 Å². The van der Waals surface area contributed by atoms with Gasteiger partial charge in [-0.1, -0.05) is 49.4 Å². The molecule has 4 N–H and O–H groups in total. The van der Waals surface area contributed by atoms with Gasteiger partial charge in [0.2, 0.25) is 15.9 Å². The van der Waals surface area contributed by atoms with Crippen molar-refractivity contribution in [3.63, 3.8) is 0 Å². The molecule has 0 fully saturated rings. The highest BCUT2D eigenvalue weighted by Crippen LogP contribution is 2.38. The molecule has 0 aromatic heterocycles. The van der Waals surface area contributed by atoms with Crippen LogP contribution >= 0.6 is 23.5 Å². The number of carbonyl (C=O) groups excluding carboxylic acids is 2. The molecule has 12 heteroatoms. The average molecular weight is 671 g/mol. The number of thioether (sulfide) groups is 2. The van der Waals surface area contributed by atoms with Crippen LogP contribution in [-0.4, -0.2) is 68.1 Å². The monoisotopic (exact) mass is 670 g/mol. The zero-order valence-corrected chi connectivity index (χ0v) is 28.7. The summed E-state index contributed by atoms with van der Waals surface area (Å²) in [7, 11) is -3.66. The predicted octanol–water partition coefficient (Wildman–Crippen LogP) is 4.64. The highest BCUT2D eigenvalue weighted by molar-refractivity contribution is 8.00. The first-order valence-electron chi connectivity index (χ1n) is 14.9. The molecule has 9 nitrogen and oxygen atoms in total. The molecule has 1 aliphatic rings. The molecule has 2 atom stereocenters. The van der Waals surface area contributed by atoms with Crippen molar-refractivity contribution >= 4 is 51.0 Å². The van der Waals surface area contributed by atoms with E-state index in [1.165, 1.54) is 0 Å². The Labute approximate surface area is 275 Å². The molecule has 0 spiro atoms. The Kier molecular flexibility index (Phi) is 11.8. The SMILES string of the molecule is CCNS(=O)(=O)c1ccccc1-c1ccc(CN2C(=O)[C@H](NC(=O)CC(C)(C)NC[C@@H](C)O)CSc3cc(SC)ccc32)cc1. The van der Waals surface area contributed by atoms with E-state index >= 15 is 0 Å². The van der Waals surface area contributed by atoms with Crippen LogP contribution in [0.15, 0.2) is 81.4 Å². The van der Waals surface area contributed by atoms with Crippen molar-refractivity contribution in [3.05, 3.63) is 72.3 Å². The molecule has 1 heterocycles. The highest BCUT2D eigenvalue weighted by Gasteiger charge is 2.33. The molecule has 0 saturated carbocycles. The van der Waals surface area contributed by atoms with Gasteiger partial charge >= 0.3 is 0 Å². The van der Waals surface area contributed by atoms with E-state index in [0.717, 1.165) is 26.6 Å². The van der Waals surface area contributed by atoms with E-state index < -0.39 is 27.7 Å². The topological polar surface area (TPSA) is 128 Å². The minimum Gasteiger partial charge on any atom is -0.392 e. The van der Waals surface area contributed by atoms with Crippen molar-refractivity contribution < 1.29 is 23.1 Å². The molecule has 0 unspecified atom stereocenters. The van der Waals surface area contributed by atoms with Gasteiger partial charge in [-0.15, -0.1) is 23.5 Å². The number of rotatable bonds is 13. The number of amides is 2. The number of sulfonamides is 1. The van der Waals surface area contributed by atoms with Crippen molar-refractivity contribution in [2.45, 2.75) is 73.0 Å². The maximum absolute atomic E-state index is 14.1. The summed E-state index contributed by atoms with van der Waals surface area (Å²) < 4.78 is 28.2. The number of benzene rings is 3. The first kappa shape index (κ1) is 35.0. The molecule has 1 aliphatic heterocycles. The van der Waals surface area contributed by atoms with Gasteiger partial charge in [0.15, 0.2) is 0 Å². The number of β-amino-alcohol motifs (C(OH)–C–C–N with tert-alkyl or cyclic N) is 1. The normalized spacial score (nSPS) is 16.2. The lowest BCUT2D eigenvalue weighted by molar-refractivity contribution is -0.127. The second-order valence-electron chi connectivity index (χ2n) is 11.7. The lowest BCUT2D eigenvalue weighted by Gasteiger charge is -2.29. The van der Waals surface area contributed by atoms with Crippen molar-refractivity contribution in [2.75, 3.05) is 30.0 Å². The molecule has 0 saturated heterocycles. The van der Waals surface area contributed by atoms with E-state index in [1.807, 2.05) is 56.5 Å². The molecule has 2 amide bonds. The molecular formula is C33H42N4O5S3. The van der Waals surface area contributed by atoms with Crippen LogP contribution in [0.4, 0.5) is 5.69 Å². The van der Waals surface area contributed by atoms with Gasteiger partial charge in [0.05, 0.1) is 23.2 Å². The Morgan fingerprint density at radius 1 is 1.13 bits per heavy atom. The van der Waals surface area contributed by atoms with E-state index in [1.54, 1.807) is 66.5 Å². The third-order valence-corrected chi connectivity index (χ3v) is 10.8. The number of nitrogens with one attached hydrogen (secondary N) is 3. The van der Waals surface area contributed by atoms with Crippen molar-refractivity contribution in [1.82, 2.24) is 15.4 Å². The number of fused-ring (bicyclic) bond motifs is 1. The van der Waals surface area contributed by atoms with E-state index in [-0.39, 0.29) is 36.2 Å². The maximum Gasteiger partial charge on any atom is 0.250 e. The summed E-state index contributed by atoms with van der Waals surface area (Å²) >= 11 is 3.17. The fourth-order valence-electron chi connectivity index (χ4n) is 5.09. The molecule has 3 aromatic carbocycles. The van der Waals surface area contributed by atoms with Crippen LogP contribution in [-0.2, 0) is 26.2 Å². The summed E-state index contributed by atoms with van der Waals surface area (Å²) in [6, 6.07) is 19.7. The third kappa shape index (κ3) is 9.11. The van der Waals surface area contributed by atoms with E-state index in [4.69, 9.17) is 0 Å². The van der Waals surface area contributed by atoms with Crippen LogP contribution in [0.1, 0.15) is 39.7 Å². The zero-order chi connectivity index (χ0) is 32.8. The number of anilines is 1. The number of aliphatic hydroxyl groups is 1. The fraction of sp³-hybridized carbons (Fsp3) is 0.394. The summed E-state index contributed by atoms with van der Waals surface area (Å²) in [6.07, 6.45) is 1.61. The molecule has 3 aromatic rings. The number of aliphatic hydroxyl groups excluding tert-OH is 1. The summed E-state index contributed by atoms with van der Waals surface area (Å²) in [5.74, 6) is -0.0561. The minimum absolute atomic E-state index is 0.143. The van der Waals surface area contributed by atoms with Crippen LogP contribution in [0.5, 0.6) is 0 Å². The van der Waals surface area contributed by atoms with Gasteiger partial charge in [-0.2, -0.15) is 0 Å². The average Bonchev–Trinajstić information content (AvgIpc) is 3.12. The molecule has 4 rings (SSSR count). The quantitative estimate of drug-likeness (QED) is 0.194. The van der Waals surface area contributed by atoms with Crippen LogP contribution in [0.2, 0.25) is 0 Å². The Hall–Kier alpha value is -2.87. The van der Waals surface area contributed by atoms with Crippen LogP contribution in [0.3, 0.4) is 0 Å². The molecule has 242 valence electrons. The van der Waals surface area contributed by atoms with Crippen molar-refractivity contribution in [2.24, 2.45) is 0 Å². The lowest BCUT2D eigenvalue weighted by Crippen LogP contribution is -2.52. The fourth-order valence-corrected chi connectivity index (χ4v) is 7.98. The zero-order valence-electron chi connectivity index (χ0n) is 26.3. The van der Waals surface area contributed by atoms with E-state index in [9.17, 15) is 23.1 Å². The number of hydrogen-bond acceptors (Lipinski definition) is 8. The highest BCUT2D eigenvalue weighted by atomic mass is 32.2. The summed E-state index contributed by atoms with van der Waals surface area (Å²) in [4.78, 5) is 31.2. The first-order chi connectivity index (χ1) is 21.3. The van der Waals surface area contributed by atoms with Crippen LogP contribution in [0, 0.1) is 0 Å². The van der Waals surface area contributed by atoms with Crippen molar-refractivity contribution in [3.8, 4) is 11.1 Å². The van der Waals surface area contributed by atoms with Gasteiger partial charge in [0.25, 0.3) is 5.91 Å². The van der Waals surface area contributed by atoms with E-state index in [2.05, 4.69) is 21.4 Å². The van der Waals surface area contributed by atoms with Gasteiger partial charge in [-0.3, -0.25) is 9.59 Å². The molecule has 0 aliphatic carbocycles. The number of nitrogens with zero attached hydrogens (tertiary/aromatic N) is 1. The molecule has 45 heavy (non-hydrogen) atoms.